The molecule has 0 unspecified atom stereocenters. The van der Waals surface area contributed by atoms with Crippen LogP contribution in [0.2, 0.25) is 5.02 Å². The van der Waals surface area contributed by atoms with Gasteiger partial charge in [-0.15, -0.1) is 0 Å². The number of nitrogens with one attached hydrogen (secondary N) is 1. The Morgan fingerprint density at radius 1 is 1.25 bits per heavy atom. The zero-order chi connectivity index (χ0) is 16.9. The molecule has 1 aliphatic rings. The van der Waals surface area contributed by atoms with E-state index in [0.717, 1.165) is 11.1 Å². The first-order chi connectivity index (χ1) is 11.6. The number of carbonyl (C=O) groups excluding carboxylic acids is 1. The lowest BCUT2D eigenvalue weighted by atomic mass is 10.0. The maximum absolute atomic E-state index is 10.9. The molecular weight excluding hydrogens is 330 g/mol. The van der Waals surface area contributed by atoms with E-state index >= 15 is 0 Å². The van der Waals surface area contributed by atoms with Gasteiger partial charge in [0.15, 0.2) is 12.4 Å². The SMILES string of the molecule is CC(=O)ONC1=Nc2ccc(Cl)cc2/C(c2ccccc2)=N\OC1. The lowest BCUT2D eigenvalue weighted by Gasteiger charge is -2.15. The minimum Gasteiger partial charge on any atom is -0.387 e. The highest BCUT2D eigenvalue weighted by molar-refractivity contribution is 6.31. The molecule has 0 saturated heterocycles. The zero-order valence-electron chi connectivity index (χ0n) is 12.8. The molecule has 0 aliphatic carbocycles. The molecule has 0 aromatic heterocycles. The highest BCUT2D eigenvalue weighted by Gasteiger charge is 2.17. The number of aliphatic imine (C=N–C) groups is 1. The molecule has 1 heterocycles. The fourth-order valence-electron chi connectivity index (χ4n) is 2.17. The molecule has 0 saturated carbocycles. The molecule has 2 aromatic carbocycles. The summed E-state index contributed by atoms with van der Waals surface area (Å²) in [7, 11) is 0. The predicted molar refractivity (Wildman–Crippen MR) is 91.5 cm³/mol. The minimum absolute atomic E-state index is 0.0334. The number of benzene rings is 2. The van der Waals surface area contributed by atoms with Crippen LogP contribution in [0.4, 0.5) is 5.69 Å². The predicted octanol–water partition coefficient (Wildman–Crippen LogP) is 3.22. The molecule has 6 nitrogen and oxygen atoms in total. The van der Waals surface area contributed by atoms with Crippen molar-refractivity contribution in [1.82, 2.24) is 5.48 Å². The summed E-state index contributed by atoms with van der Waals surface area (Å²) in [6, 6.07) is 14.9. The topological polar surface area (TPSA) is 72.3 Å². The molecule has 0 radical (unpaired) electrons. The minimum atomic E-state index is -0.482. The summed E-state index contributed by atoms with van der Waals surface area (Å²) >= 11 is 6.13. The first-order valence-electron chi connectivity index (χ1n) is 7.20. The van der Waals surface area contributed by atoms with Crippen LogP contribution in [0.15, 0.2) is 58.7 Å². The number of carbonyl (C=O) groups is 1. The van der Waals surface area contributed by atoms with Gasteiger partial charge < -0.3 is 9.68 Å². The van der Waals surface area contributed by atoms with Crippen LogP contribution in [-0.4, -0.2) is 24.1 Å². The van der Waals surface area contributed by atoms with Gasteiger partial charge in [-0.1, -0.05) is 47.1 Å². The molecule has 0 fully saturated rings. The summed E-state index contributed by atoms with van der Waals surface area (Å²) in [5.41, 5.74) is 5.34. The van der Waals surface area contributed by atoms with Gasteiger partial charge >= 0.3 is 5.97 Å². The fraction of sp³-hybridized carbons (Fsp3) is 0.118. The van der Waals surface area contributed by atoms with Crippen LogP contribution in [0.1, 0.15) is 18.1 Å². The summed E-state index contributed by atoms with van der Waals surface area (Å²) in [5.74, 6) is -0.158. The summed E-state index contributed by atoms with van der Waals surface area (Å²) in [5, 5.41) is 4.77. The van der Waals surface area contributed by atoms with E-state index in [-0.39, 0.29) is 6.61 Å². The van der Waals surface area contributed by atoms with Gasteiger partial charge in [-0.25, -0.2) is 10.5 Å². The summed E-state index contributed by atoms with van der Waals surface area (Å²) < 4.78 is 0. The first-order valence-corrected chi connectivity index (χ1v) is 7.57. The van der Waals surface area contributed by atoms with Crippen LogP contribution in [0.3, 0.4) is 0 Å². The van der Waals surface area contributed by atoms with E-state index in [1.165, 1.54) is 6.92 Å². The van der Waals surface area contributed by atoms with E-state index in [2.05, 4.69) is 15.6 Å². The van der Waals surface area contributed by atoms with Crippen molar-refractivity contribution in [3.63, 3.8) is 0 Å². The normalized spacial score (nSPS) is 15.6. The second-order valence-corrected chi connectivity index (χ2v) is 5.43. The van der Waals surface area contributed by atoms with Gasteiger partial charge in [0.25, 0.3) is 0 Å². The Kier molecular flexibility index (Phi) is 4.77. The van der Waals surface area contributed by atoms with Crippen molar-refractivity contribution in [3.8, 4) is 0 Å². The third-order valence-corrected chi connectivity index (χ3v) is 3.42. The molecule has 2 aromatic rings. The lowest BCUT2D eigenvalue weighted by Crippen LogP contribution is -2.30. The third kappa shape index (κ3) is 3.72. The maximum atomic E-state index is 10.9. The second kappa shape index (κ2) is 7.14. The van der Waals surface area contributed by atoms with Gasteiger partial charge in [-0.2, -0.15) is 0 Å². The molecule has 7 heteroatoms. The number of fused-ring (bicyclic) bond motifs is 1. The number of amidine groups is 1. The second-order valence-electron chi connectivity index (χ2n) is 5.00. The van der Waals surface area contributed by atoms with Gasteiger partial charge in [0.1, 0.15) is 5.71 Å². The van der Waals surface area contributed by atoms with E-state index in [1.807, 2.05) is 30.3 Å². The Morgan fingerprint density at radius 3 is 2.79 bits per heavy atom. The molecular formula is C17H14ClN3O3. The van der Waals surface area contributed by atoms with E-state index < -0.39 is 5.97 Å². The van der Waals surface area contributed by atoms with Crippen molar-refractivity contribution >= 4 is 34.8 Å². The maximum Gasteiger partial charge on any atom is 0.329 e. The van der Waals surface area contributed by atoms with Crippen molar-refractivity contribution in [2.75, 3.05) is 6.61 Å². The van der Waals surface area contributed by atoms with E-state index in [4.69, 9.17) is 21.3 Å². The van der Waals surface area contributed by atoms with Crippen LogP contribution in [0.5, 0.6) is 0 Å². The number of hydrogen-bond donors (Lipinski definition) is 1. The van der Waals surface area contributed by atoms with Crippen LogP contribution in [-0.2, 0) is 14.5 Å². The lowest BCUT2D eigenvalue weighted by molar-refractivity contribution is -0.145. The highest BCUT2D eigenvalue weighted by atomic mass is 35.5. The van der Waals surface area contributed by atoms with Crippen molar-refractivity contribution < 1.29 is 14.5 Å². The van der Waals surface area contributed by atoms with E-state index in [0.29, 0.717) is 22.3 Å². The average molecular weight is 344 g/mol. The van der Waals surface area contributed by atoms with Crippen LogP contribution in [0, 0.1) is 0 Å². The molecule has 0 spiro atoms. The van der Waals surface area contributed by atoms with Crippen LogP contribution in [0.25, 0.3) is 0 Å². The average Bonchev–Trinajstić information content (AvgIpc) is 2.56. The number of halogens is 1. The monoisotopic (exact) mass is 343 g/mol. The number of oxime groups is 1. The van der Waals surface area contributed by atoms with Gasteiger partial charge in [0.2, 0.25) is 0 Å². The zero-order valence-corrected chi connectivity index (χ0v) is 13.6. The Morgan fingerprint density at radius 2 is 2.04 bits per heavy atom. The van der Waals surface area contributed by atoms with Gasteiger partial charge in [-0.05, 0) is 18.2 Å². The Labute approximate surface area is 143 Å². The number of nitrogens with zero attached hydrogens (tertiary/aromatic N) is 2. The van der Waals surface area contributed by atoms with Crippen molar-refractivity contribution in [2.24, 2.45) is 10.1 Å². The molecule has 0 amide bonds. The Hall–Kier alpha value is -2.86. The number of hydroxylamine groups is 1. The highest BCUT2D eigenvalue weighted by Crippen LogP contribution is 2.27. The molecule has 1 N–H and O–H groups in total. The van der Waals surface area contributed by atoms with Gasteiger partial charge in [0, 0.05) is 23.1 Å². The summed E-state index contributed by atoms with van der Waals surface area (Å²) in [6.07, 6.45) is 0. The fourth-order valence-corrected chi connectivity index (χ4v) is 2.34. The van der Waals surface area contributed by atoms with Crippen molar-refractivity contribution in [1.29, 1.82) is 0 Å². The standard InChI is InChI=1S/C17H14ClN3O3/c1-11(22)24-20-16-10-23-21-17(12-5-3-2-4-6-12)14-9-13(18)7-8-15(14)19-16/h2-9H,10H2,1H3,(H,19,20)/b21-17-. The number of hydrogen-bond acceptors (Lipinski definition) is 6. The largest absolute Gasteiger partial charge is 0.387 e. The van der Waals surface area contributed by atoms with Gasteiger partial charge in [-0.3, -0.25) is 4.79 Å². The third-order valence-electron chi connectivity index (χ3n) is 3.19. The molecule has 3 rings (SSSR count). The quantitative estimate of drug-likeness (QED) is 0.807. The van der Waals surface area contributed by atoms with Crippen LogP contribution < -0.4 is 5.48 Å². The number of rotatable bonds is 1. The summed E-state index contributed by atoms with van der Waals surface area (Å²) in [6.45, 7) is 1.32. The Balaban J connectivity index is 2.04. The smallest absolute Gasteiger partial charge is 0.329 e. The van der Waals surface area contributed by atoms with Crippen molar-refractivity contribution in [3.05, 3.63) is 64.7 Å². The molecule has 0 bridgehead atoms. The van der Waals surface area contributed by atoms with E-state index in [1.54, 1.807) is 18.2 Å². The molecule has 0 atom stereocenters. The van der Waals surface area contributed by atoms with E-state index in [9.17, 15) is 4.79 Å². The van der Waals surface area contributed by atoms with Crippen LogP contribution >= 0.6 is 11.6 Å². The van der Waals surface area contributed by atoms with Crippen molar-refractivity contribution in [2.45, 2.75) is 6.92 Å². The molecule has 1 aliphatic heterocycles. The molecule has 122 valence electrons. The van der Waals surface area contributed by atoms with Gasteiger partial charge in [0.05, 0.1) is 5.69 Å². The Bertz CT molecular complexity index is 819. The summed E-state index contributed by atoms with van der Waals surface area (Å²) in [4.78, 5) is 25.5. The molecule has 24 heavy (non-hydrogen) atoms. The first kappa shape index (κ1) is 16.0.